The standard InChI is InChI=1S/C19H21FN2O3/c1-12-8-15(19(24)25)6-5-14(12)10-18(23)21-17-7-4-13(9-16(17)20)11-22(2)3/h4-9H,10-11H2,1-3H3,(H,21,23)(H,24,25). The molecule has 0 fully saturated rings. The van der Waals surface area contributed by atoms with E-state index in [1.807, 2.05) is 19.0 Å². The smallest absolute Gasteiger partial charge is 0.335 e. The lowest BCUT2D eigenvalue weighted by Crippen LogP contribution is -2.16. The fourth-order valence-corrected chi connectivity index (χ4v) is 2.52. The van der Waals surface area contributed by atoms with Crippen molar-refractivity contribution in [2.75, 3.05) is 19.4 Å². The van der Waals surface area contributed by atoms with E-state index in [-0.39, 0.29) is 23.6 Å². The highest BCUT2D eigenvalue weighted by atomic mass is 19.1. The van der Waals surface area contributed by atoms with Crippen molar-refractivity contribution in [2.24, 2.45) is 0 Å². The predicted molar refractivity (Wildman–Crippen MR) is 94.3 cm³/mol. The van der Waals surface area contributed by atoms with E-state index < -0.39 is 11.8 Å². The van der Waals surface area contributed by atoms with Crippen LogP contribution in [0.3, 0.4) is 0 Å². The van der Waals surface area contributed by atoms with Gasteiger partial charge >= 0.3 is 5.97 Å². The number of halogens is 1. The van der Waals surface area contributed by atoms with Gasteiger partial charge in [-0.15, -0.1) is 0 Å². The van der Waals surface area contributed by atoms with Crippen LogP contribution in [0, 0.1) is 12.7 Å². The van der Waals surface area contributed by atoms with Crippen molar-refractivity contribution in [3.05, 3.63) is 64.5 Å². The van der Waals surface area contributed by atoms with Crippen molar-refractivity contribution in [3.63, 3.8) is 0 Å². The van der Waals surface area contributed by atoms with Crippen molar-refractivity contribution in [3.8, 4) is 0 Å². The molecule has 0 heterocycles. The van der Waals surface area contributed by atoms with Crippen molar-refractivity contribution >= 4 is 17.6 Å². The molecule has 1 amide bonds. The first-order chi connectivity index (χ1) is 11.8. The van der Waals surface area contributed by atoms with Crippen molar-refractivity contribution in [1.82, 2.24) is 4.90 Å². The van der Waals surface area contributed by atoms with Crippen LogP contribution in [0.1, 0.15) is 27.0 Å². The van der Waals surface area contributed by atoms with Gasteiger partial charge in [-0.1, -0.05) is 12.1 Å². The molecule has 2 aromatic carbocycles. The van der Waals surface area contributed by atoms with Crippen LogP contribution in [-0.4, -0.2) is 36.0 Å². The fraction of sp³-hybridized carbons (Fsp3) is 0.263. The summed E-state index contributed by atoms with van der Waals surface area (Å²) in [5.41, 5.74) is 2.53. The minimum atomic E-state index is -1.01. The highest BCUT2D eigenvalue weighted by Crippen LogP contribution is 2.18. The number of aryl methyl sites for hydroxylation is 1. The third kappa shape index (κ3) is 5.12. The molecule has 0 aliphatic carbocycles. The van der Waals surface area contributed by atoms with Gasteiger partial charge in [0.15, 0.2) is 0 Å². The minimum absolute atomic E-state index is 0.0463. The van der Waals surface area contributed by atoms with Gasteiger partial charge < -0.3 is 15.3 Å². The molecule has 0 aromatic heterocycles. The van der Waals surface area contributed by atoms with Gasteiger partial charge in [0.25, 0.3) is 0 Å². The summed E-state index contributed by atoms with van der Waals surface area (Å²) in [7, 11) is 3.79. The number of nitrogens with one attached hydrogen (secondary N) is 1. The lowest BCUT2D eigenvalue weighted by atomic mass is 10.0. The maximum Gasteiger partial charge on any atom is 0.335 e. The molecule has 2 rings (SSSR count). The van der Waals surface area contributed by atoms with Crippen LogP contribution < -0.4 is 5.32 Å². The summed E-state index contributed by atoms with van der Waals surface area (Å²) < 4.78 is 14.1. The van der Waals surface area contributed by atoms with Gasteiger partial charge in [-0.2, -0.15) is 0 Å². The number of aromatic carboxylic acids is 1. The number of amides is 1. The lowest BCUT2D eigenvalue weighted by Gasteiger charge is -2.12. The zero-order chi connectivity index (χ0) is 18.6. The van der Waals surface area contributed by atoms with Crippen LogP contribution in [0.25, 0.3) is 0 Å². The van der Waals surface area contributed by atoms with Gasteiger partial charge in [0.05, 0.1) is 17.7 Å². The second-order valence-electron chi connectivity index (χ2n) is 6.22. The first kappa shape index (κ1) is 18.6. The van der Waals surface area contributed by atoms with E-state index in [9.17, 15) is 14.0 Å². The zero-order valence-corrected chi connectivity index (χ0v) is 14.5. The summed E-state index contributed by atoms with van der Waals surface area (Å²) in [4.78, 5) is 25.0. The summed E-state index contributed by atoms with van der Waals surface area (Å²) in [5.74, 6) is -1.85. The number of nitrogens with zero attached hydrogens (tertiary/aromatic N) is 1. The molecule has 0 aliphatic rings. The number of hydrogen-bond donors (Lipinski definition) is 2. The summed E-state index contributed by atoms with van der Waals surface area (Å²) in [6.07, 6.45) is 0.0463. The molecule has 0 saturated carbocycles. The van der Waals surface area contributed by atoms with Gasteiger partial charge in [-0.25, -0.2) is 9.18 Å². The Morgan fingerprint density at radius 3 is 2.44 bits per heavy atom. The van der Waals surface area contributed by atoms with Crippen LogP contribution in [0.5, 0.6) is 0 Å². The van der Waals surface area contributed by atoms with Gasteiger partial charge in [0, 0.05) is 6.54 Å². The second-order valence-corrected chi connectivity index (χ2v) is 6.22. The summed E-state index contributed by atoms with van der Waals surface area (Å²) in [6.45, 7) is 2.35. The van der Waals surface area contributed by atoms with Gasteiger partial charge in [0.1, 0.15) is 5.82 Å². The largest absolute Gasteiger partial charge is 0.478 e. The zero-order valence-electron chi connectivity index (χ0n) is 14.5. The number of hydrogen-bond acceptors (Lipinski definition) is 3. The third-order valence-corrected chi connectivity index (χ3v) is 3.75. The van der Waals surface area contributed by atoms with E-state index in [1.165, 1.54) is 18.2 Å². The molecule has 0 spiro atoms. The molecule has 2 aromatic rings. The first-order valence-electron chi connectivity index (χ1n) is 7.82. The number of anilines is 1. The molecule has 25 heavy (non-hydrogen) atoms. The number of carboxylic acids is 1. The van der Waals surface area contributed by atoms with Gasteiger partial charge in [-0.05, 0) is 62.0 Å². The van der Waals surface area contributed by atoms with Crippen molar-refractivity contribution < 1.29 is 19.1 Å². The molecule has 0 bridgehead atoms. The molecule has 0 atom stereocenters. The number of carbonyl (C=O) groups excluding carboxylic acids is 1. The maximum absolute atomic E-state index is 14.1. The molecule has 0 saturated heterocycles. The summed E-state index contributed by atoms with van der Waals surface area (Å²) >= 11 is 0. The second kappa shape index (κ2) is 7.90. The van der Waals surface area contributed by atoms with Gasteiger partial charge in [-0.3, -0.25) is 4.79 Å². The third-order valence-electron chi connectivity index (χ3n) is 3.75. The van der Waals surface area contributed by atoms with E-state index in [4.69, 9.17) is 5.11 Å². The van der Waals surface area contributed by atoms with E-state index in [2.05, 4.69) is 5.32 Å². The summed E-state index contributed by atoms with van der Waals surface area (Å²) in [5, 5.41) is 11.5. The minimum Gasteiger partial charge on any atom is -0.478 e. The quantitative estimate of drug-likeness (QED) is 0.845. The molecule has 5 nitrogen and oxygen atoms in total. The van der Waals surface area contributed by atoms with Crippen molar-refractivity contribution in [1.29, 1.82) is 0 Å². The highest BCUT2D eigenvalue weighted by molar-refractivity contribution is 5.93. The molecular formula is C19H21FN2O3. The Kier molecular flexibility index (Phi) is 5.88. The topological polar surface area (TPSA) is 69.6 Å². The molecule has 0 radical (unpaired) electrons. The molecule has 0 unspecified atom stereocenters. The predicted octanol–water partition coefficient (Wildman–Crippen LogP) is 3.08. The average Bonchev–Trinajstić information content (AvgIpc) is 2.51. The molecular weight excluding hydrogens is 323 g/mol. The Balaban J connectivity index is 2.06. The molecule has 132 valence electrons. The van der Waals surface area contributed by atoms with E-state index in [1.54, 1.807) is 25.1 Å². The van der Waals surface area contributed by atoms with E-state index >= 15 is 0 Å². The lowest BCUT2D eigenvalue weighted by molar-refractivity contribution is -0.115. The van der Waals surface area contributed by atoms with Crippen molar-refractivity contribution in [2.45, 2.75) is 19.9 Å². The maximum atomic E-state index is 14.1. The Bertz CT molecular complexity index is 803. The molecule has 6 heteroatoms. The number of carboxylic acid groups (broad SMARTS) is 1. The number of rotatable bonds is 6. The monoisotopic (exact) mass is 344 g/mol. The first-order valence-corrected chi connectivity index (χ1v) is 7.82. The van der Waals surface area contributed by atoms with Crippen LogP contribution in [0.15, 0.2) is 36.4 Å². The summed E-state index contributed by atoms with van der Waals surface area (Å²) in [6, 6.07) is 9.30. The Hall–Kier alpha value is -2.73. The SMILES string of the molecule is Cc1cc(C(=O)O)ccc1CC(=O)Nc1ccc(CN(C)C)cc1F. The van der Waals surface area contributed by atoms with E-state index in [0.717, 1.165) is 5.56 Å². The Morgan fingerprint density at radius 2 is 1.88 bits per heavy atom. The number of carbonyl (C=O) groups is 2. The Morgan fingerprint density at radius 1 is 1.16 bits per heavy atom. The molecule has 0 aliphatic heterocycles. The van der Waals surface area contributed by atoms with E-state index in [0.29, 0.717) is 17.7 Å². The number of benzene rings is 2. The van der Waals surface area contributed by atoms with Crippen LogP contribution >= 0.6 is 0 Å². The van der Waals surface area contributed by atoms with Crippen LogP contribution in [0.2, 0.25) is 0 Å². The normalized spacial score (nSPS) is 10.8. The Labute approximate surface area is 146 Å². The highest BCUT2D eigenvalue weighted by Gasteiger charge is 2.12. The molecule has 2 N–H and O–H groups in total. The fourth-order valence-electron chi connectivity index (χ4n) is 2.52. The van der Waals surface area contributed by atoms with Crippen LogP contribution in [0.4, 0.5) is 10.1 Å². The van der Waals surface area contributed by atoms with Gasteiger partial charge in [0.2, 0.25) is 5.91 Å². The van der Waals surface area contributed by atoms with Crippen LogP contribution in [-0.2, 0) is 17.8 Å². The average molecular weight is 344 g/mol.